The van der Waals surface area contributed by atoms with Crippen molar-refractivity contribution in [3.05, 3.63) is 0 Å². The van der Waals surface area contributed by atoms with Crippen molar-refractivity contribution < 1.29 is 27.9 Å². The second-order valence-corrected chi connectivity index (χ2v) is 5.16. The van der Waals surface area contributed by atoms with Crippen LogP contribution in [0, 0.1) is 11.8 Å². The molecule has 1 saturated heterocycles. The third kappa shape index (κ3) is 3.34. The minimum absolute atomic E-state index is 0.152. The molecule has 116 valence electrons. The Hall–Kier alpha value is -1.47. The van der Waals surface area contributed by atoms with Gasteiger partial charge in [0.2, 0.25) is 0 Å². The molecule has 0 radical (unpaired) electrons. The second kappa shape index (κ2) is 5.88. The van der Waals surface area contributed by atoms with E-state index in [-0.39, 0.29) is 6.04 Å². The minimum atomic E-state index is -4.62. The number of urea groups is 1. The van der Waals surface area contributed by atoms with Gasteiger partial charge >= 0.3 is 18.2 Å². The van der Waals surface area contributed by atoms with Crippen molar-refractivity contribution >= 4 is 12.0 Å². The highest BCUT2D eigenvalue weighted by atomic mass is 19.4. The van der Waals surface area contributed by atoms with Gasteiger partial charge in [-0.05, 0) is 20.8 Å². The van der Waals surface area contributed by atoms with E-state index in [1.54, 1.807) is 20.8 Å². The first kappa shape index (κ1) is 16.6. The van der Waals surface area contributed by atoms with Crippen molar-refractivity contribution in [2.45, 2.75) is 33.0 Å². The number of likely N-dealkylation sites (tertiary alicyclic amines) is 1. The SMILES string of the molecule is CCN(C(=O)N1C[C@@H](C(F)(F)F)[C@H](C(=O)O)C1)C(C)C. The summed E-state index contributed by atoms with van der Waals surface area (Å²) in [5, 5.41) is 8.90. The van der Waals surface area contributed by atoms with Gasteiger partial charge in [-0.3, -0.25) is 4.79 Å². The average Bonchev–Trinajstić information content (AvgIpc) is 2.73. The van der Waals surface area contributed by atoms with Crippen molar-refractivity contribution in [2.75, 3.05) is 19.6 Å². The fourth-order valence-corrected chi connectivity index (χ4v) is 2.44. The van der Waals surface area contributed by atoms with Crippen LogP contribution in [0.1, 0.15) is 20.8 Å². The molecule has 5 nitrogen and oxygen atoms in total. The van der Waals surface area contributed by atoms with Gasteiger partial charge in [-0.15, -0.1) is 0 Å². The van der Waals surface area contributed by atoms with E-state index in [0.29, 0.717) is 6.54 Å². The highest BCUT2D eigenvalue weighted by Gasteiger charge is 2.53. The van der Waals surface area contributed by atoms with Gasteiger partial charge in [0.1, 0.15) is 0 Å². The van der Waals surface area contributed by atoms with Gasteiger partial charge in [-0.1, -0.05) is 0 Å². The molecule has 8 heteroatoms. The molecule has 2 atom stereocenters. The molecule has 1 N–H and O–H groups in total. The van der Waals surface area contributed by atoms with E-state index >= 15 is 0 Å². The number of nitrogens with zero attached hydrogens (tertiary/aromatic N) is 2. The van der Waals surface area contributed by atoms with Crippen LogP contribution in [0.2, 0.25) is 0 Å². The van der Waals surface area contributed by atoms with Gasteiger partial charge < -0.3 is 14.9 Å². The van der Waals surface area contributed by atoms with Gasteiger partial charge in [0, 0.05) is 25.7 Å². The maximum Gasteiger partial charge on any atom is 0.394 e. The van der Waals surface area contributed by atoms with E-state index in [1.807, 2.05) is 0 Å². The Balaban J connectivity index is 2.90. The number of alkyl halides is 3. The number of halogens is 3. The largest absolute Gasteiger partial charge is 0.481 e. The minimum Gasteiger partial charge on any atom is -0.481 e. The fourth-order valence-electron chi connectivity index (χ4n) is 2.44. The summed E-state index contributed by atoms with van der Waals surface area (Å²) in [4.78, 5) is 25.5. The zero-order chi connectivity index (χ0) is 15.7. The van der Waals surface area contributed by atoms with Crippen LogP contribution < -0.4 is 0 Å². The number of carbonyl (C=O) groups excluding carboxylic acids is 1. The number of carboxylic acid groups (broad SMARTS) is 1. The molecule has 0 aromatic rings. The molecule has 1 rings (SSSR count). The van der Waals surface area contributed by atoms with E-state index < -0.39 is 43.1 Å². The topological polar surface area (TPSA) is 60.9 Å². The molecule has 1 heterocycles. The van der Waals surface area contributed by atoms with E-state index in [4.69, 9.17) is 5.11 Å². The zero-order valence-electron chi connectivity index (χ0n) is 11.6. The summed E-state index contributed by atoms with van der Waals surface area (Å²) in [6.45, 7) is 4.61. The number of carboxylic acids is 1. The van der Waals surface area contributed by atoms with Gasteiger partial charge in [0.05, 0.1) is 11.8 Å². The third-order valence-electron chi connectivity index (χ3n) is 3.54. The maximum absolute atomic E-state index is 12.8. The molecule has 0 aromatic carbocycles. The Labute approximate surface area is 115 Å². The average molecular weight is 296 g/mol. The van der Waals surface area contributed by atoms with Crippen LogP contribution in [0.15, 0.2) is 0 Å². The Morgan fingerprint density at radius 3 is 2.20 bits per heavy atom. The monoisotopic (exact) mass is 296 g/mol. The van der Waals surface area contributed by atoms with E-state index in [1.165, 1.54) is 4.90 Å². The molecule has 1 aliphatic rings. The summed E-state index contributed by atoms with van der Waals surface area (Å²) in [6, 6.07) is -0.693. The smallest absolute Gasteiger partial charge is 0.394 e. The number of hydrogen-bond donors (Lipinski definition) is 1. The number of amides is 2. The normalized spacial score (nSPS) is 23.2. The maximum atomic E-state index is 12.8. The summed E-state index contributed by atoms with van der Waals surface area (Å²) >= 11 is 0. The van der Waals surface area contributed by atoms with Crippen molar-refractivity contribution in [1.29, 1.82) is 0 Å². The molecule has 0 unspecified atom stereocenters. The first-order chi connectivity index (χ1) is 9.09. The molecule has 0 aliphatic carbocycles. The second-order valence-electron chi connectivity index (χ2n) is 5.16. The van der Waals surface area contributed by atoms with Gasteiger partial charge in [-0.2, -0.15) is 13.2 Å². The molecule has 1 fully saturated rings. The Bertz CT molecular complexity index is 385. The summed E-state index contributed by atoms with van der Waals surface area (Å²) in [5.74, 6) is -5.12. The summed E-state index contributed by atoms with van der Waals surface area (Å²) in [6.07, 6.45) is -4.62. The molecule has 0 saturated carbocycles. The summed E-state index contributed by atoms with van der Waals surface area (Å²) in [7, 11) is 0. The van der Waals surface area contributed by atoms with Crippen molar-refractivity contribution in [3.8, 4) is 0 Å². The number of rotatable bonds is 3. The molecular weight excluding hydrogens is 277 g/mol. The Morgan fingerprint density at radius 2 is 1.90 bits per heavy atom. The molecule has 0 spiro atoms. The lowest BCUT2D eigenvalue weighted by Gasteiger charge is -2.30. The fraction of sp³-hybridized carbons (Fsp3) is 0.833. The van der Waals surface area contributed by atoms with Gasteiger partial charge in [-0.25, -0.2) is 4.79 Å². The van der Waals surface area contributed by atoms with E-state index in [9.17, 15) is 22.8 Å². The quantitative estimate of drug-likeness (QED) is 0.867. The van der Waals surface area contributed by atoms with Crippen LogP contribution in [0.4, 0.5) is 18.0 Å². The van der Waals surface area contributed by atoms with E-state index in [0.717, 1.165) is 4.90 Å². The van der Waals surface area contributed by atoms with Crippen LogP contribution in [-0.4, -0.2) is 58.8 Å². The lowest BCUT2D eigenvalue weighted by atomic mass is 9.96. The molecule has 2 amide bonds. The van der Waals surface area contributed by atoms with Crippen LogP contribution in [0.5, 0.6) is 0 Å². The van der Waals surface area contributed by atoms with Crippen molar-refractivity contribution in [3.63, 3.8) is 0 Å². The van der Waals surface area contributed by atoms with E-state index in [2.05, 4.69) is 0 Å². The lowest BCUT2D eigenvalue weighted by Crippen LogP contribution is -2.46. The first-order valence-electron chi connectivity index (χ1n) is 6.44. The predicted molar refractivity (Wildman–Crippen MR) is 65.2 cm³/mol. The number of hydrogen-bond acceptors (Lipinski definition) is 2. The molecule has 1 aliphatic heterocycles. The lowest BCUT2D eigenvalue weighted by molar-refractivity contribution is -0.187. The third-order valence-corrected chi connectivity index (χ3v) is 3.54. The molecular formula is C12H19F3N2O3. The van der Waals surface area contributed by atoms with Crippen LogP contribution >= 0.6 is 0 Å². The number of carbonyl (C=O) groups is 2. The molecule has 20 heavy (non-hydrogen) atoms. The standard InChI is InChI=1S/C12H19F3N2O3/c1-4-17(7(2)3)11(20)16-5-8(10(18)19)9(6-16)12(13,14)15/h7-9H,4-6H2,1-3H3,(H,18,19)/t8-,9-/m1/s1. The zero-order valence-corrected chi connectivity index (χ0v) is 11.6. The van der Waals surface area contributed by atoms with Crippen molar-refractivity contribution in [2.24, 2.45) is 11.8 Å². The predicted octanol–water partition coefficient (Wildman–Crippen LogP) is 2.03. The van der Waals surface area contributed by atoms with Gasteiger partial charge in [0.15, 0.2) is 0 Å². The Morgan fingerprint density at radius 1 is 1.35 bits per heavy atom. The number of aliphatic carboxylic acids is 1. The summed E-state index contributed by atoms with van der Waals surface area (Å²) < 4.78 is 38.5. The molecule has 0 bridgehead atoms. The van der Waals surface area contributed by atoms with Crippen LogP contribution in [0.25, 0.3) is 0 Å². The summed E-state index contributed by atoms with van der Waals surface area (Å²) in [5.41, 5.74) is 0. The highest BCUT2D eigenvalue weighted by molar-refractivity contribution is 5.78. The van der Waals surface area contributed by atoms with Crippen LogP contribution in [0.3, 0.4) is 0 Å². The van der Waals surface area contributed by atoms with Gasteiger partial charge in [0.25, 0.3) is 0 Å². The van der Waals surface area contributed by atoms with Crippen LogP contribution in [-0.2, 0) is 4.79 Å². The highest BCUT2D eigenvalue weighted by Crippen LogP contribution is 2.38. The van der Waals surface area contributed by atoms with Crippen molar-refractivity contribution in [1.82, 2.24) is 9.80 Å². The Kier molecular flexibility index (Phi) is 4.88. The molecule has 0 aromatic heterocycles. The first-order valence-corrected chi connectivity index (χ1v) is 6.44.